The van der Waals surface area contributed by atoms with Crippen molar-refractivity contribution in [3.05, 3.63) is 24.0 Å². The van der Waals surface area contributed by atoms with E-state index in [9.17, 15) is 18.0 Å². The Hall–Kier alpha value is -1.11. The lowest BCUT2D eigenvalue weighted by Gasteiger charge is -2.09. The zero-order chi connectivity index (χ0) is 12.1. The highest BCUT2D eigenvalue weighted by Gasteiger charge is 2.20. The first-order valence-corrected chi connectivity index (χ1v) is 5.31. The molecule has 1 aromatic heterocycles. The number of Topliss-reactive ketones (excluding diaryl/α,β-unsaturated/α-hetero) is 1. The number of carbonyl (C=O) groups excluding carboxylic acids is 1. The maximum Gasteiger partial charge on any atom is 0.304 e. The van der Waals surface area contributed by atoms with Crippen molar-refractivity contribution >= 4 is 21.7 Å². The van der Waals surface area contributed by atoms with Gasteiger partial charge in [-0.3, -0.25) is 4.79 Å². The molecule has 1 heterocycles. The van der Waals surface area contributed by atoms with E-state index in [1.54, 1.807) is 0 Å². The Morgan fingerprint density at radius 3 is 2.56 bits per heavy atom. The van der Waals surface area contributed by atoms with Gasteiger partial charge in [0.05, 0.1) is 11.5 Å². The number of aromatic nitrogens is 1. The average molecular weight is 298 g/mol. The predicted octanol–water partition coefficient (Wildman–Crippen LogP) is 2.60. The van der Waals surface area contributed by atoms with Crippen molar-refractivity contribution in [3.8, 4) is 5.75 Å². The molecule has 1 rings (SSSR count). The second kappa shape index (κ2) is 5.83. The van der Waals surface area contributed by atoms with Gasteiger partial charge in [-0.1, -0.05) is 15.9 Å². The van der Waals surface area contributed by atoms with Crippen LogP contribution in [0.15, 0.2) is 18.3 Å². The number of pyridine rings is 1. The molecule has 0 spiro atoms. The van der Waals surface area contributed by atoms with E-state index in [1.165, 1.54) is 12.1 Å². The molecule has 0 saturated carbocycles. The molecule has 1 atom stereocenters. The Kier molecular flexibility index (Phi) is 4.72. The predicted molar refractivity (Wildman–Crippen MR) is 53.9 cm³/mol. The number of alkyl halides is 4. The van der Waals surface area contributed by atoms with Crippen molar-refractivity contribution in [1.29, 1.82) is 0 Å². The molecule has 7 heteroatoms. The zero-order valence-corrected chi connectivity index (χ0v) is 9.46. The van der Waals surface area contributed by atoms with Gasteiger partial charge in [0, 0.05) is 0 Å². The van der Waals surface area contributed by atoms with E-state index < -0.39 is 12.8 Å². The van der Waals surface area contributed by atoms with Crippen LogP contribution in [0, 0.1) is 0 Å². The molecule has 88 valence electrons. The number of rotatable bonds is 5. The van der Waals surface area contributed by atoms with Crippen molar-refractivity contribution in [3.63, 3.8) is 0 Å². The highest BCUT2D eigenvalue weighted by Crippen LogP contribution is 2.15. The Balaban J connectivity index is 2.68. The molecule has 0 saturated heterocycles. The minimum Gasteiger partial charge on any atom is -0.453 e. The Labute approximate surface area is 97.8 Å². The van der Waals surface area contributed by atoms with E-state index in [-0.39, 0.29) is 22.6 Å². The summed E-state index contributed by atoms with van der Waals surface area (Å²) in [6.07, 6.45) is -4.89. The normalized spacial score (nSPS) is 12.6. The second-order valence-electron chi connectivity index (χ2n) is 2.74. The molecule has 1 unspecified atom stereocenters. The van der Waals surface area contributed by atoms with E-state index in [1.807, 2.05) is 0 Å². The molecule has 0 radical (unpaired) electrons. The standard InChI is InChI=1S/C9H7BrF3NO2/c10-3-7(15)6-2-1-5(4-14-6)16-9(13)8(11)12/h1-2,4,8-9H,3H2. The second-order valence-corrected chi connectivity index (χ2v) is 3.30. The molecular weight excluding hydrogens is 291 g/mol. The van der Waals surface area contributed by atoms with Gasteiger partial charge in [0.15, 0.2) is 5.78 Å². The number of carbonyl (C=O) groups is 1. The number of ketones is 1. The van der Waals surface area contributed by atoms with E-state index in [4.69, 9.17) is 0 Å². The summed E-state index contributed by atoms with van der Waals surface area (Å²) in [4.78, 5) is 14.8. The first kappa shape index (κ1) is 13.0. The summed E-state index contributed by atoms with van der Waals surface area (Å²) in [6, 6.07) is 2.48. The van der Waals surface area contributed by atoms with Gasteiger partial charge in [-0.25, -0.2) is 13.8 Å². The molecule has 0 aromatic carbocycles. The molecule has 0 aliphatic carbocycles. The van der Waals surface area contributed by atoms with Crippen LogP contribution in [0.25, 0.3) is 0 Å². The smallest absolute Gasteiger partial charge is 0.304 e. The maximum absolute atomic E-state index is 12.5. The van der Waals surface area contributed by atoms with Gasteiger partial charge in [-0.15, -0.1) is 0 Å². The Bertz CT molecular complexity index is 358. The van der Waals surface area contributed by atoms with E-state index in [2.05, 4.69) is 25.7 Å². The average Bonchev–Trinajstić information content (AvgIpc) is 2.28. The minimum atomic E-state index is -3.22. The van der Waals surface area contributed by atoms with Crippen LogP contribution in [0.5, 0.6) is 5.75 Å². The van der Waals surface area contributed by atoms with Crippen molar-refractivity contribution in [1.82, 2.24) is 4.98 Å². The summed E-state index contributed by atoms with van der Waals surface area (Å²) in [5, 5.41) is 0.100. The molecule has 0 fully saturated rings. The van der Waals surface area contributed by atoms with Crippen LogP contribution in [0.4, 0.5) is 13.2 Å². The summed E-state index contributed by atoms with van der Waals surface area (Å²) in [5.74, 6) is -0.420. The molecular formula is C9H7BrF3NO2. The van der Waals surface area contributed by atoms with Gasteiger partial charge in [0.2, 0.25) is 0 Å². The molecule has 0 bridgehead atoms. The van der Waals surface area contributed by atoms with Crippen LogP contribution in [0.1, 0.15) is 10.5 Å². The van der Waals surface area contributed by atoms with E-state index >= 15 is 0 Å². The summed E-state index contributed by atoms with van der Waals surface area (Å²) in [6.45, 7) is 0. The van der Waals surface area contributed by atoms with E-state index in [0.717, 1.165) is 6.20 Å². The van der Waals surface area contributed by atoms with Gasteiger partial charge in [-0.05, 0) is 12.1 Å². The molecule has 0 amide bonds. The van der Waals surface area contributed by atoms with Crippen LogP contribution < -0.4 is 4.74 Å². The summed E-state index contributed by atoms with van der Waals surface area (Å²) in [7, 11) is 0. The topological polar surface area (TPSA) is 39.2 Å². The van der Waals surface area contributed by atoms with Gasteiger partial charge >= 0.3 is 6.43 Å². The summed E-state index contributed by atoms with van der Waals surface area (Å²) in [5.41, 5.74) is 0.150. The van der Waals surface area contributed by atoms with Crippen molar-refractivity contribution in [2.45, 2.75) is 12.8 Å². The molecule has 0 N–H and O–H groups in total. The number of halogens is 4. The van der Waals surface area contributed by atoms with Gasteiger partial charge in [0.1, 0.15) is 11.4 Å². The molecule has 3 nitrogen and oxygen atoms in total. The fourth-order valence-corrected chi connectivity index (χ4v) is 1.15. The van der Waals surface area contributed by atoms with Crippen LogP contribution in [-0.4, -0.2) is 28.9 Å². The van der Waals surface area contributed by atoms with Crippen LogP contribution in [-0.2, 0) is 0 Å². The summed E-state index contributed by atoms with van der Waals surface area (Å²) < 4.78 is 40.3. The third-order valence-corrected chi connectivity index (χ3v) is 2.10. The lowest BCUT2D eigenvalue weighted by Crippen LogP contribution is -2.19. The summed E-state index contributed by atoms with van der Waals surface area (Å²) >= 11 is 2.95. The van der Waals surface area contributed by atoms with Crippen LogP contribution in [0.3, 0.4) is 0 Å². The van der Waals surface area contributed by atoms with Crippen molar-refractivity contribution < 1.29 is 22.7 Å². The number of ether oxygens (including phenoxy) is 1. The number of hydrogen-bond acceptors (Lipinski definition) is 3. The van der Waals surface area contributed by atoms with Gasteiger partial charge < -0.3 is 4.74 Å². The number of nitrogens with zero attached hydrogens (tertiary/aromatic N) is 1. The highest BCUT2D eigenvalue weighted by molar-refractivity contribution is 9.09. The van der Waals surface area contributed by atoms with Crippen molar-refractivity contribution in [2.24, 2.45) is 0 Å². The first-order valence-electron chi connectivity index (χ1n) is 4.18. The third-order valence-electron chi connectivity index (χ3n) is 1.59. The minimum absolute atomic E-state index is 0.100. The highest BCUT2D eigenvalue weighted by atomic mass is 79.9. The fourth-order valence-electron chi connectivity index (χ4n) is 0.865. The Morgan fingerprint density at radius 2 is 2.12 bits per heavy atom. The third kappa shape index (κ3) is 3.48. The molecule has 0 aliphatic rings. The Morgan fingerprint density at radius 1 is 1.44 bits per heavy atom. The zero-order valence-electron chi connectivity index (χ0n) is 7.87. The van der Waals surface area contributed by atoms with Gasteiger partial charge in [-0.2, -0.15) is 4.39 Å². The number of hydrogen-bond donors (Lipinski definition) is 0. The largest absolute Gasteiger partial charge is 0.453 e. The van der Waals surface area contributed by atoms with Crippen LogP contribution >= 0.6 is 15.9 Å². The monoisotopic (exact) mass is 297 g/mol. The lowest BCUT2D eigenvalue weighted by molar-refractivity contribution is -0.0670. The van der Waals surface area contributed by atoms with Crippen LogP contribution in [0.2, 0.25) is 0 Å². The maximum atomic E-state index is 12.5. The molecule has 0 aliphatic heterocycles. The fraction of sp³-hybridized carbons (Fsp3) is 0.333. The first-order chi connectivity index (χ1) is 7.54. The SMILES string of the molecule is O=C(CBr)c1ccc(OC(F)C(F)F)cn1. The quantitative estimate of drug-likeness (QED) is 0.619. The molecule has 16 heavy (non-hydrogen) atoms. The molecule has 1 aromatic rings. The lowest BCUT2D eigenvalue weighted by atomic mass is 10.3. The van der Waals surface area contributed by atoms with E-state index in [0.29, 0.717) is 0 Å². The van der Waals surface area contributed by atoms with Gasteiger partial charge in [0.25, 0.3) is 6.36 Å². The van der Waals surface area contributed by atoms with Crippen molar-refractivity contribution in [2.75, 3.05) is 5.33 Å².